The summed E-state index contributed by atoms with van der Waals surface area (Å²) in [4.78, 5) is 24.2. The fourth-order valence-corrected chi connectivity index (χ4v) is 2.01. The normalized spacial score (nSPS) is 23.0. The Morgan fingerprint density at radius 2 is 2.25 bits per heavy atom. The van der Waals surface area contributed by atoms with Crippen molar-refractivity contribution >= 4 is 11.8 Å². The average Bonchev–Trinajstić information content (AvgIpc) is 2.74. The highest BCUT2D eigenvalue weighted by atomic mass is 16.2. The molecule has 0 radical (unpaired) electrons. The fourth-order valence-electron chi connectivity index (χ4n) is 2.01. The van der Waals surface area contributed by atoms with Crippen LogP contribution in [0, 0.1) is 5.92 Å². The monoisotopic (exact) mass is 228 g/mol. The minimum Gasteiger partial charge on any atom is -0.369 e. The summed E-state index contributed by atoms with van der Waals surface area (Å²) in [5, 5.41) is 0. The Labute approximate surface area is 95.3 Å². The number of hydrazine groups is 1. The molecule has 2 atom stereocenters. The van der Waals surface area contributed by atoms with E-state index in [1.165, 1.54) is 0 Å². The standard InChI is InChI=1S/C10H20N4O2/c1-7(2-3-9(15)13-12)14-5-4-8(6-14)10(11)16/h7-8H,2-6,12H2,1H3,(H2,11,16)(H,13,15). The second-order valence-electron chi connectivity index (χ2n) is 4.34. The molecule has 1 fully saturated rings. The number of primary amides is 1. The molecule has 0 saturated carbocycles. The minimum atomic E-state index is -0.227. The molecule has 2 amide bonds. The van der Waals surface area contributed by atoms with Gasteiger partial charge in [0.1, 0.15) is 0 Å². The maximum atomic E-state index is 11.0. The molecule has 1 heterocycles. The molecule has 1 saturated heterocycles. The first-order chi connectivity index (χ1) is 7.54. The van der Waals surface area contributed by atoms with Gasteiger partial charge >= 0.3 is 0 Å². The van der Waals surface area contributed by atoms with Crippen molar-refractivity contribution in [1.29, 1.82) is 0 Å². The van der Waals surface area contributed by atoms with E-state index in [4.69, 9.17) is 11.6 Å². The average molecular weight is 228 g/mol. The first-order valence-electron chi connectivity index (χ1n) is 5.57. The van der Waals surface area contributed by atoms with Gasteiger partial charge in [0, 0.05) is 19.0 Å². The topological polar surface area (TPSA) is 101 Å². The molecule has 1 rings (SSSR count). The lowest BCUT2D eigenvalue weighted by Crippen LogP contribution is -2.35. The van der Waals surface area contributed by atoms with Crippen LogP contribution in [0.1, 0.15) is 26.2 Å². The van der Waals surface area contributed by atoms with Crippen LogP contribution in [0.15, 0.2) is 0 Å². The van der Waals surface area contributed by atoms with Crippen molar-refractivity contribution in [3.05, 3.63) is 0 Å². The largest absolute Gasteiger partial charge is 0.369 e. The van der Waals surface area contributed by atoms with Gasteiger partial charge < -0.3 is 5.73 Å². The summed E-state index contributed by atoms with van der Waals surface area (Å²) in [6.07, 6.45) is 1.98. The molecule has 0 aromatic rings. The van der Waals surface area contributed by atoms with Crippen molar-refractivity contribution in [2.75, 3.05) is 13.1 Å². The molecule has 92 valence electrons. The number of hydrogen-bond acceptors (Lipinski definition) is 4. The van der Waals surface area contributed by atoms with Gasteiger partial charge in [0.05, 0.1) is 5.92 Å². The highest BCUT2D eigenvalue weighted by Crippen LogP contribution is 2.20. The van der Waals surface area contributed by atoms with Crippen LogP contribution < -0.4 is 17.0 Å². The maximum absolute atomic E-state index is 11.0. The molecule has 0 aromatic heterocycles. The Morgan fingerprint density at radius 1 is 1.56 bits per heavy atom. The van der Waals surface area contributed by atoms with E-state index < -0.39 is 0 Å². The number of nitrogens with zero attached hydrogens (tertiary/aromatic N) is 1. The van der Waals surface area contributed by atoms with Gasteiger partial charge in [0.15, 0.2) is 0 Å². The lowest BCUT2D eigenvalue weighted by Gasteiger charge is -2.23. The smallest absolute Gasteiger partial charge is 0.233 e. The lowest BCUT2D eigenvalue weighted by atomic mass is 10.1. The third-order valence-corrected chi connectivity index (χ3v) is 3.20. The first kappa shape index (κ1) is 12.9. The van der Waals surface area contributed by atoms with Crippen molar-refractivity contribution in [1.82, 2.24) is 10.3 Å². The van der Waals surface area contributed by atoms with Crippen LogP contribution in [0.25, 0.3) is 0 Å². The summed E-state index contributed by atoms with van der Waals surface area (Å²) in [5.41, 5.74) is 7.36. The van der Waals surface area contributed by atoms with Gasteiger partial charge in [0.2, 0.25) is 11.8 Å². The third-order valence-electron chi connectivity index (χ3n) is 3.20. The number of amides is 2. The summed E-state index contributed by atoms with van der Waals surface area (Å²) in [7, 11) is 0. The van der Waals surface area contributed by atoms with Crippen molar-refractivity contribution in [3.8, 4) is 0 Å². The van der Waals surface area contributed by atoms with Crippen LogP contribution in [0.5, 0.6) is 0 Å². The maximum Gasteiger partial charge on any atom is 0.233 e. The molecule has 1 aliphatic rings. The second-order valence-corrected chi connectivity index (χ2v) is 4.34. The number of likely N-dealkylation sites (tertiary alicyclic amines) is 1. The van der Waals surface area contributed by atoms with E-state index in [9.17, 15) is 9.59 Å². The summed E-state index contributed by atoms with van der Waals surface area (Å²) in [5.74, 6) is 4.58. The van der Waals surface area contributed by atoms with Crippen LogP contribution in [-0.2, 0) is 9.59 Å². The summed E-state index contributed by atoms with van der Waals surface area (Å²) in [6, 6.07) is 0.279. The first-order valence-corrected chi connectivity index (χ1v) is 5.57. The minimum absolute atomic E-state index is 0.0363. The van der Waals surface area contributed by atoms with Crippen LogP contribution in [0.3, 0.4) is 0 Å². The van der Waals surface area contributed by atoms with Crippen LogP contribution in [0.4, 0.5) is 0 Å². The number of hydrogen-bond donors (Lipinski definition) is 3. The number of rotatable bonds is 5. The van der Waals surface area contributed by atoms with Crippen molar-refractivity contribution in [3.63, 3.8) is 0 Å². The number of carbonyl (C=O) groups excluding carboxylic acids is 2. The van der Waals surface area contributed by atoms with Crippen LogP contribution in [0.2, 0.25) is 0 Å². The van der Waals surface area contributed by atoms with Gasteiger partial charge in [-0.1, -0.05) is 0 Å². The zero-order valence-corrected chi connectivity index (χ0v) is 9.61. The van der Waals surface area contributed by atoms with E-state index in [-0.39, 0.29) is 23.8 Å². The van der Waals surface area contributed by atoms with E-state index in [1.54, 1.807) is 0 Å². The molecule has 1 aliphatic heterocycles. The summed E-state index contributed by atoms with van der Waals surface area (Å²) < 4.78 is 0. The van der Waals surface area contributed by atoms with E-state index >= 15 is 0 Å². The van der Waals surface area contributed by atoms with Gasteiger partial charge in [-0.05, 0) is 26.3 Å². The zero-order chi connectivity index (χ0) is 12.1. The van der Waals surface area contributed by atoms with Gasteiger partial charge in [-0.2, -0.15) is 0 Å². The SMILES string of the molecule is CC(CCC(=O)NN)N1CCC(C(N)=O)C1. The highest BCUT2D eigenvalue weighted by molar-refractivity contribution is 5.77. The van der Waals surface area contributed by atoms with Gasteiger partial charge in [-0.25, -0.2) is 5.84 Å². The Hall–Kier alpha value is -1.14. The molecular formula is C10H20N4O2. The second kappa shape index (κ2) is 5.81. The van der Waals surface area contributed by atoms with Crippen LogP contribution in [-0.4, -0.2) is 35.8 Å². The summed E-state index contributed by atoms with van der Waals surface area (Å²) >= 11 is 0. The molecule has 2 unspecified atom stereocenters. The van der Waals surface area contributed by atoms with Crippen molar-refractivity contribution < 1.29 is 9.59 Å². The van der Waals surface area contributed by atoms with E-state index in [2.05, 4.69) is 10.3 Å². The Morgan fingerprint density at radius 3 is 2.75 bits per heavy atom. The molecule has 6 heteroatoms. The number of carbonyl (C=O) groups is 2. The molecule has 0 bridgehead atoms. The molecule has 16 heavy (non-hydrogen) atoms. The van der Waals surface area contributed by atoms with Crippen LogP contribution >= 0.6 is 0 Å². The quantitative estimate of drug-likeness (QED) is 0.317. The molecule has 6 nitrogen and oxygen atoms in total. The zero-order valence-electron chi connectivity index (χ0n) is 9.61. The Kier molecular flexibility index (Phi) is 4.70. The predicted octanol–water partition coefficient (Wildman–Crippen LogP) is -1.05. The van der Waals surface area contributed by atoms with Gasteiger partial charge in [0.25, 0.3) is 0 Å². The molecule has 5 N–H and O–H groups in total. The van der Waals surface area contributed by atoms with Crippen molar-refractivity contribution in [2.24, 2.45) is 17.5 Å². The van der Waals surface area contributed by atoms with E-state index in [0.717, 1.165) is 19.4 Å². The van der Waals surface area contributed by atoms with Crippen molar-refractivity contribution in [2.45, 2.75) is 32.2 Å². The number of nitrogens with one attached hydrogen (secondary N) is 1. The Balaban J connectivity index is 2.30. The fraction of sp³-hybridized carbons (Fsp3) is 0.800. The highest BCUT2D eigenvalue weighted by Gasteiger charge is 2.29. The molecular weight excluding hydrogens is 208 g/mol. The van der Waals surface area contributed by atoms with E-state index in [1.807, 2.05) is 6.92 Å². The van der Waals surface area contributed by atoms with Gasteiger partial charge in [-0.15, -0.1) is 0 Å². The summed E-state index contributed by atoms with van der Waals surface area (Å²) in [6.45, 7) is 3.63. The third kappa shape index (κ3) is 3.46. The Bertz CT molecular complexity index is 270. The lowest BCUT2D eigenvalue weighted by molar-refractivity contribution is -0.122. The van der Waals surface area contributed by atoms with Gasteiger partial charge in [-0.3, -0.25) is 19.9 Å². The molecule has 0 spiro atoms. The molecule has 0 aliphatic carbocycles. The number of nitrogens with two attached hydrogens (primary N) is 2. The molecule has 0 aromatic carbocycles. The predicted molar refractivity (Wildman–Crippen MR) is 59.9 cm³/mol. The van der Waals surface area contributed by atoms with E-state index in [0.29, 0.717) is 13.0 Å².